The van der Waals surface area contributed by atoms with Crippen LogP contribution in [0.25, 0.3) is 33.3 Å². The van der Waals surface area contributed by atoms with Crippen LogP contribution in [0.3, 0.4) is 0 Å². The number of H-pyrrole nitrogens is 1. The van der Waals surface area contributed by atoms with Crippen LogP contribution in [-0.2, 0) is 19.1 Å². The van der Waals surface area contributed by atoms with Crippen LogP contribution in [0.4, 0.5) is 4.79 Å². The second-order valence-corrected chi connectivity index (χ2v) is 15.2. The fourth-order valence-electron chi connectivity index (χ4n) is 8.35. The number of pyridine rings is 1. The first-order chi connectivity index (χ1) is 29.8. The Morgan fingerprint density at radius 1 is 0.770 bits per heavy atom. The molecule has 14 nitrogen and oxygen atoms in total. The van der Waals surface area contributed by atoms with Gasteiger partial charge in [0.2, 0.25) is 12.3 Å². The van der Waals surface area contributed by atoms with Crippen LogP contribution in [0.5, 0.6) is 0 Å². The van der Waals surface area contributed by atoms with E-state index in [1.165, 1.54) is 7.11 Å². The molecule has 14 heteroatoms. The van der Waals surface area contributed by atoms with Gasteiger partial charge in [-0.3, -0.25) is 24.2 Å². The molecule has 2 aliphatic heterocycles. The monoisotopic (exact) mass is 818 g/mol. The molecule has 310 valence electrons. The molecule has 8 rings (SSSR count). The van der Waals surface area contributed by atoms with Crippen LogP contribution in [0, 0.1) is 0 Å². The average Bonchev–Trinajstić information content (AvgIpc) is 4.11. The van der Waals surface area contributed by atoms with Gasteiger partial charge in [0.1, 0.15) is 17.9 Å². The van der Waals surface area contributed by atoms with Gasteiger partial charge in [-0.15, -0.1) is 0 Å². The molecule has 5 amide bonds. The number of imidazole rings is 1. The lowest BCUT2D eigenvalue weighted by Crippen LogP contribution is -2.47. The van der Waals surface area contributed by atoms with E-state index in [0.29, 0.717) is 42.0 Å². The molecule has 4 atom stereocenters. The Morgan fingerprint density at radius 3 is 2.15 bits per heavy atom. The summed E-state index contributed by atoms with van der Waals surface area (Å²) in [6, 6.07) is 31.9. The number of benzene rings is 4. The number of hydrogen-bond acceptors (Lipinski definition) is 8. The summed E-state index contributed by atoms with van der Waals surface area (Å²) in [5.41, 5.74) is 6.23. The lowest BCUT2D eigenvalue weighted by Gasteiger charge is -2.29. The fourth-order valence-corrected chi connectivity index (χ4v) is 8.35. The largest absolute Gasteiger partial charge is 0.453 e. The van der Waals surface area contributed by atoms with Gasteiger partial charge in [0, 0.05) is 37.3 Å². The van der Waals surface area contributed by atoms with E-state index in [0.717, 1.165) is 59.0 Å². The molecule has 0 aliphatic carbocycles. The third-order valence-corrected chi connectivity index (χ3v) is 11.5. The quantitative estimate of drug-likeness (QED) is 0.0987. The second kappa shape index (κ2) is 18.3. The number of alkyl carbamates (subject to hydrolysis) is 1. The predicted molar refractivity (Wildman–Crippen MR) is 229 cm³/mol. The molecule has 0 saturated carbocycles. The molecule has 61 heavy (non-hydrogen) atoms. The highest BCUT2D eigenvalue weighted by Crippen LogP contribution is 2.35. The first-order valence-corrected chi connectivity index (χ1v) is 20.4. The van der Waals surface area contributed by atoms with Crippen LogP contribution >= 0.6 is 0 Å². The summed E-state index contributed by atoms with van der Waals surface area (Å²) in [5, 5.41) is 9.17. The van der Waals surface area contributed by atoms with Crippen LogP contribution in [0.1, 0.15) is 71.1 Å². The number of aromatic amines is 1. The molecule has 4 aromatic carbocycles. The molecule has 6 aromatic rings. The number of likely N-dealkylation sites (tertiary alicyclic amines) is 2. The van der Waals surface area contributed by atoms with Gasteiger partial charge in [0.05, 0.1) is 36.1 Å². The molecular weight excluding hydrogens is 773 g/mol. The smallest absolute Gasteiger partial charge is 0.407 e. The third-order valence-electron chi connectivity index (χ3n) is 11.5. The number of fused-ring (bicyclic) bond motifs is 1. The number of nitrogens with zero attached hydrogens (tertiary/aromatic N) is 4. The molecule has 2 fully saturated rings. The molecule has 0 bridgehead atoms. The number of nitrogens with one attached hydrogen (secondary N) is 4. The number of rotatable bonds is 13. The van der Waals surface area contributed by atoms with Gasteiger partial charge in [0.25, 0.3) is 11.8 Å². The van der Waals surface area contributed by atoms with Crippen molar-refractivity contribution in [2.45, 2.75) is 49.9 Å². The van der Waals surface area contributed by atoms with Crippen molar-refractivity contribution in [1.82, 2.24) is 40.7 Å². The predicted octanol–water partition coefficient (Wildman–Crippen LogP) is 6.26. The van der Waals surface area contributed by atoms with E-state index in [1.54, 1.807) is 22.2 Å². The van der Waals surface area contributed by atoms with Crippen molar-refractivity contribution in [1.29, 1.82) is 0 Å². The molecule has 2 aliphatic rings. The summed E-state index contributed by atoms with van der Waals surface area (Å²) in [7, 11) is 1.27. The standard InChI is InChI=1S/C47H46N8O6/c1-61-47(60)53-42(33-12-6-3-7-13-33)46(59)55-23-9-15-40(55)43-49-28-39(52-43)31-18-16-30(17-19-31)34-20-21-35-24-36(26-48-38(35)25-34)44(57)50-27-37-14-8-22-54(37)45(58)41(51-29-56)32-10-4-2-5-11-32/h2-7,10-13,16-21,24-26,28-29,37,40-42H,8-9,14-15,22-23,27H2,1H3,(H,49,52)(H,50,57)(H,51,56)(H,53,60)/t37-,40-,41+,42+/m0/s1. The van der Waals surface area contributed by atoms with Gasteiger partial charge in [-0.1, -0.05) is 97.1 Å². The lowest BCUT2D eigenvalue weighted by molar-refractivity contribution is -0.135. The SMILES string of the molecule is COC(=O)N[C@@H](C(=O)N1CCC[C@H]1c1ncc(-c2ccc(-c3ccc4cc(C(=O)NC[C@@H]5CCCN5C(=O)[C@H](NC=O)c5ccccc5)cnc4c3)cc2)[nH]1)c1ccccc1. The topological polar surface area (TPSA) is 179 Å². The maximum Gasteiger partial charge on any atom is 0.407 e. The molecular formula is C47H46N8O6. The van der Waals surface area contributed by atoms with Crippen molar-refractivity contribution in [2.24, 2.45) is 0 Å². The molecule has 0 spiro atoms. The lowest BCUT2D eigenvalue weighted by atomic mass is 10.0. The Hall–Kier alpha value is -7.35. The minimum atomic E-state index is -0.894. The molecule has 4 N–H and O–H groups in total. The number of amides is 5. The Balaban J connectivity index is 0.902. The van der Waals surface area contributed by atoms with Crippen LogP contribution in [-0.4, -0.2) is 87.8 Å². The van der Waals surface area contributed by atoms with Gasteiger partial charge < -0.3 is 35.5 Å². The summed E-state index contributed by atoms with van der Waals surface area (Å²) in [6.45, 7) is 1.37. The molecule has 2 saturated heterocycles. The van der Waals surface area contributed by atoms with E-state index in [4.69, 9.17) is 4.74 Å². The molecule has 0 radical (unpaired) electrons. The highest BCUT2D eigenvalue weighted by atomic mass is 16.5. The number of methoxy groups -OCH3 is 1. The van der Waals surface area contributed by atoms with Crippen molar-refractivity contribution < 1.29 is 28.7 Å². The summed E-state index contributed by atoms with van der Waals surface area (Å²) < 4.78 is 4.82. The van der Waals surface area contributed by atoms with Crippen molar-refractivity contribution in [2.75, 3.05) is 26.7 Å². The van der Waals surface area contributed by atoms with E-state index in [2.05, 4.69) is 30.9 Å². The normalized spacial score (nSPS) is 17.1. The number of hydrogen-bond donors (Lipinski definition) is 4. The number of carbonyl (C=O) groups is 5. The second-order valence-electron chi connectivity index (χ2n) is 15.2. The summed E-state index contributed by atoms with van der Waals surface area (Å²) in [4.78, 5) is 80.6. The number of ether oxygens (including phenoxy) is 1. The zero-order chi connectivity index (χ0) is 42.3. The highest BCUT2D eigenvalue weighted by molar-refractivity contribution is 5.98. The van der Waals surface area contributed by atoms with E-state index in [-0.39, 0.29) is 36.3 Å². The maximum absolute atomic E-state index is 13.9. The zero-order valence-corrected chi connectivity index (χ0v) is 33.6. The Kier molecular flexibility index (Phi) is 12.1. The number of carbonyl (C=O) groups excluding carboxylic acids is 5. The summed E-state index contributed by atoms with van der Waals surface area (Å²) >= 11 is 0. The Labute approximate surface area is 352 Å². The molecule has 0 unspecified atom stereocenters. The summed E-state index contributed by atoms with van der Waals surface area (Å²) in [5.74, 6) is -0.0231. The van der Waals surface area contributed by atoms with Crippen molar-refractivity contribution >= 4 is 41.1 Å². The van der Waals surface area contributed by atoms with Crippen molar-refractivity contribution in [3.8, 4) is 22.4 Å². The molecule has 4 heterocycles. The van der Waals surface area contributed by atoms with Gasteiger partial charge >= 0.3 is 6.09 Å². The average molecular weight is 819 g/mol. The highest BCUT2D eigenvalue weighted by Gasteiger charge is 2.37. The van der Waals surface area contributed by atoms with Crippen LogP contribution < -0.4 is 16.0 Å². The van der Waals surface area contributed by atoms with Crippen LogP contribution in [0.15, 0.2) is 122 Å². The Bertz CT molecular complexity index is 2530. The van der Waals surface area contributed by atoms with E-state index in [1.807, 2.05) is 109 Å². The van der Waals surface area contributed by atoms with E-state index < -0.39 is 18.2 Å². The van der Waals surface area contributed by atoms with Gasteiger partial charge in [-0.05, 0) is 65.6 Å². The third kappa shape index (κ3) is 8.83. The van der Waals surface area contributed by atoms with Crippen molar-refractivity contribution in [3.05, 3.63) is 144 Å². The number of aromatic nitrogens is 3. The van der Waals surface area contributed by atoms with Gasteiger partial charge in [-0.25, -0.2) is 9.78 Å². The Morgan fingerprint density at radius 2 is 1.43 bits per heavy atom. The van der Waals surface area contributed by atoms with E-state index in [9.17, 15) is 24.0 Å². The zero-order valence-electron chi connectivity index (χ0n) is 33.6. The first-order valence-electron chi connectivity index (χ1n) is 20.4. The summed E-state index contributed by atoms with van der Waals surface area (Å²) in [6.07, 6.45) is 6.29. The van der Waals surface area contributed by atoms with Gasteiger partial charge in [0.15, 0.2) is 0 Å². The van der Waals surface area contributed by atoms with Crippen LogP contribution in [0.2, 0.25) is 0 Å². The fraction of sp³-hybridized carbons (Fsp3) is 0.255. The van der Waals surface area contributed by atoms with Crippen molar-refractivity contribution in [3.63, 3.8) is 0 Å². The molecule has 2 aromatic heterocycles. The maximum atomic E-state index is 13.9. The van der Waals surface area contributed by atoms with Gasteiger partial charge in [-0.2, -0.15) is 0 Å². The minimum Gasteiger partial charge on any atom is -0.453 e. The van der Waals surface area contributed by atoms with E-state index >= 15 is 0 Å². The first kappa shape index (κ1) is 40.4. The minimum absolute atomic E-state index is 0.196.